The van der Waals surface area contributed by atoms with Gasteiger partial charge in [0.15, 0.2) is 11.5 Å². The second-order valence-electron chi connectivity index (χ2n) is 2.36. The summed E-state index contributed by atoms with van der Waals surface area (Å²) in [5.74, 6) is 1.41. The number of hydrogen-bond donors (Lipinski definition) is 1. The third kappa shape index (κ3) is 1.07. The second-order valence-corrected chi connectivity index (χ2v) is 2.36. The van der Waals surface area contributed by atoms with Crippen LogP contribution in [0.5, 0.6) is 11.5 Å². The van der Waals surface area contributed by atoms with Gasteiger partial charge in [-0.1, -0.05) is 5.16 Å². The van der Waals surface area contributed by atoms with Crippen molar-refractivity contribution in [3.63, 3.8) is 0 Å². The standard InChI is InChI=1S/C8H7NO3/c10-9-4-6-1-2-7-8(3-6)12-5-11-7/h1-4,10H,5H2/b9-4-. The first-order chi connectivity index (χ1) is 5.90. The van der Waals surface area contributed by atoms with E-state index >= 15 is 0 Å². The summed E-state index contributed by atoms with van der Waals surface area (Å²) in [6.07, 6.45) is 1.34. The molecule has 0 saturated carbocycles. The summed E-state index contributed by atoms with van der Waals surface area (Å²) < 4.78 is 10.2. The minimum absolute atomic E-state index is 0.259. The molecular weight excluding hydrogens is 158 g/mol. The van der Waals surface area contributed by atoms with Gasteiger partial charge in [0.25, 0.3) is 0 Å². The third-order valence-electron chi connectivity index (χ3n) is 1.60. The Kier molecular flexibility index (Phi) is 1.59. The molecule has 0 aliphatic carbocycles. The van der Waals surface area contributed by atoms with Gasteiger partial charge in [0.05, 0.1) is 6.21 Å². The monoisotopic (exact) mass is 165 g/mol. The number of nitrogens with zero attached hydrogens (tertiary/aromatic N) is 1. The molecule has 0 radical (unpaired) electrons. The molecule has 1 N–H and O–H groups in total. The van der Waals surface area contributed by atoms with E-state index in [-0.39, 0.29) is 6.79 Å². The maximum absolute atomic E-state index is 8.27. The quantitative estimate of drug-likeness (QED) is 0.386. The SMILES string of the molecule is O/N=C\c1ccc2c(c1)OCO2. The number of ether oxygens (including phenoxy) is 2. The Balaban J connectivity index is 2.38. The molecule has 4 nitrogen and oxygen atoms in total. The minimum Gasteiger partial charge on any atom is -0.454 e. The predicted molar refractivity (Wildman–Crippen MR) is 41.9 cm³/mol. The van der Waals surface area contributed by atoms with Crippen molar-refractivity contribution in [1.29, 1.82) is 0 Å². The fraction of sp³-hybridized carbons (Fsp3) is 0.125. The molecule has 0 spiro atoms. The van der Waals surface area contributed by atoms with Crippen molar-refractivity contribution in [1.82, 2.24) is 0 Å². The fourth-order valence-electron chi connectivity index (χ4n) is 1.06. The molecule has 1 aromatic rings. The summed E-state index contributed by atoms with van der Waals surface area (Å²) in [6, 6.07) is 5.31. The van der Waals surface area contributed by atoms with Crippen LogP contribution in [0.1, 0.15) is 5.56 Å². The van der Waals surface area contributed by atoms with Crippen LogP contribution in [-0.4, -0.2) is 18.2 Å². The molecule has 0 fully saturated rings. The van der Waals surface area contributed by atoms with Crippen LogP contribution in [-0.2, 0) is 0 Å². The summed E-state index contributed by atoms with van der Waals surface area (Å²) in [4.78, 5) is 0. The first kappa shape index (κ1) is 6.97. The normalized spacial score (nSPS) is 14.0. The van der Waals surface area contributed by atoms with Gasteiger partial charge >= 0.3 is 0 Å². The smallest absolute Gasteiger partial charge is 0.231 e. The van der Waals surface area contributed by atoms with E-state index in [1.165, 1.54) is 6.21 Å². The van der Waals surface area contributed by atoms with E-state index in [1.54, 1.807) is 18.2 Å². The second kappa shape index (κ2) is 2.73. The van der Waals surface area contributed by atoms with Gasteiger partial charge < -0.3 is 14.7 Å². The first-order valence-electron chi connectivity index (χ1n) is 3.47. The van der Waals surface area contributed by atoms with Crippen LogP contribution in [0.4, 0.5) is 0 Å². The number of fused-ring (bicyclic) bond motifs is 1. The lowest BCUT2D eigenvalue weighted by Crippen LogP contribution is -1.92. The van der Waals surface area contributed by atoms with E-state index in [4.69, 9.17) is 14.7 Å². The molecule has 0 saturated heterocycles. The van der Waals surface area contributed by atoms with Gasteiger partial charge in [0.2, 0.25) is 6.79 Å². The van der Waals surface area contributed by atoms with Crippen LogP contribution in [0.3, 0.4) is 0 Å². The molecule has 4 heteroatoms. The third-order valence-corrected chi connectivity index (χ3v) is 1.60. The highest BCUT2D eigenvalue weighted by Gasteiger charge is 2.12. The van der Waals surface area contributed by atoms with Gasteiger partial charge in [-0.3, -0.25) is 0 Å². The molecule has 0 aromatic heterocycles. The topological polar surface area (TPSA) is 51.1 Å². The van der Waals surface area contributed by atoms with Gasteiger partial charge in [0, 0.05) is 5.56 Å². The van der Waals surface area contributed by atoms with Crippen LogP contribution in [0.25, 0.3) is 0 Å². The van der Waals surface area contributed by atoms with Crippen molar-refractivity contribution in [3.8, 4) is 11.5 Å². The zero-order valence-electron chi connectivity index (χ0n) is 6.23. The van der Waals surface area contributed by atoms with Crippen molar-refractivity contribution >= 4 is 6.21 Å². The summed E-state index contributed by atoms with van der Waals surface area (Å²) in [5, 5.41) is 11.2. The summed E-state index contributed by atoms with van der Waals surface area (Å²) in [7, 11) is 0. The van der Waals surface area contributed by atoms with Gasteiger partial charge in [-0.15, -0.1) is 0 Å². The molecule has 0 bridgehead atoms. The Labute approximate surface area is 69.0 Å². The number of benzene rings is 1. The van der Waals surface area contributed by atoms with Crippen molar-refractivity contribution in [2.45, 2.75) is 0 Å². The molecule has 0 amide bonds. The lowest BCUT2D eigenvalue weighted by atomic mass is 10.2. The van der Waals surface area contributed by atoms with Gasteiger partial charge in [-0.2, -0.15) is 0 Å². The summed E-state index contributed by atoms with van der Waals surface area (Å²) in [6.45, 7) is 0.259. The van der Waals surface area contributed by atoms with E-state index in [0.29, 0.717) is 5.75 Å². The van der Waals surface area contributed by atoms with Crippen LogP contribution in [0, 0.1) is 0 Å². The van der Waals surface area contributed by atoms with Crippen molar-refractivity contribution in [2.24, 2.45) is 5.16 Å². The zero-order valence-corrected chi connectivity index (χ0v) is 6.23. The molecule has 62 valence electrons. The molecule has 2 rings (SSSR count). The number of hydrogen-bond acceptors (Lipinski definition) is 4. The van der Waals surface area contributed by atoms with E-state index in [9.17, 15) is 0 Å². The minimum atomic E-state index is 0.259. The molecule has 1 heterocycles. The highest BCUT2D eigenvalue weighted by Crippen LogP contribution is 2.31. The summed E-state index contributed by atoms with van der Waals surface area (Å²) >= 11 is 0. The number of rotatable bonds is 1. The Hall–Kier alpha value is -1.71. The molecular formula is C8H7NO3. The number of oxime groups is 1. The Morgan fingerprint density at radius 3 is 3.00 bits per heavy atom. The molecule has 1 aromatic carbocycles. The maximum atomic E-state index is 8.27. The molecule has 0 atom stereocenters. The molecule has 0 unspecified atom stereocenters. The molecule has 1 aliphatic rings. The summed E-state index contributed by atoms with van der Waals surface area (Å²) in [5.41, 5.74) is 0.779. The Morgan fingerprint density at radius 1 is 1.33 bits per heavy atom. The largest absolute Gasteiger partial charge is 0.454 e. The van der Waals surface area contributed by atoms with E-state index in [1.807, 2.05) is 0 Å². The van der Waals surface area contributed by atoms with Crippen LogP contribution < -0.4 is 9.47 Å². The fourth-order valence-corrected chi connectivity index (χ4v) is 1.06. The van der Waals surface area contributed by atoms with Gasteiger partial charge in [-0.05, 0) is 18.2 Å². The van der Waals surface area contributed by atoms with Crippen molar-refractivity contribution in [2.75, 3.05) is 6.79 Å². The van der Waals surface area contributed by atoms with Crippen molar-refractivity contribution < 1.29 is 14.7 Å². The van der Waals surface area contributed by atoms with E-state index in [2.05, 4.69) is 5.16 Å². The molecule has 1 aliphatic heterocycles. The van der Waals surface area contributed by atoms with E-state index in [0.717, 1.165) is 11.3 Å². The van der Waals surface area contributed by atoms with Crippen LogP contribution in [0.2, 0.25) is 0 Å². The zero-order chi connectivity index (χ0) is 8.39. The molecule has 12 heavy (non-hydrogen) atoms. The van der Waals surface area contributed by atoms with E-state index < -0.39 is 0 Å². The predicted octanol–water partition coefficient (Wildman–Crippen LogP) is 1.22. The lowest BCUT2D eigenvalue weighted by Gasteiger charge is -1.95. The average molecular weight is 165 g/mol. The van der Waals surface area contributed by atoms with Crippen LogP contribution >= 0.6 is 0 Å². The van der Waals surface area contributed by atoms with Gasteiger partial charge in [0.1, 0.15) is 0 Å². The highest BCUT2D eigenvalue weighted by atomic mass is 16.7. The van der Waals surface area contributed by atoms with Crippen LogP contribution in [0.15, 0.2) is 23.4 Å². The Bertz CT molecular complexity index is 322. The van der Waals surface area contributed by atoms with Crippen molar-refractivity contribution in [3.05, 3.63) is 23.8 Å². The first-order valence-corrected chi connectivity index (χ1v) is 3.47. The Morgan fingerprint density at radius 2 is 2.17 bits per heavy atom. The maximum Gasteiger partial charge on any atom is 0.231 e. The lowest BCUT2D eigenvalue weighted by molar-refractivity contribution is 0.174. The van der Waals surface area contributed by atoms with Gasteiger partial charge in [-0.25, -0.2) is 0 Å². The highest BCUT2D eigenvalue weighted by molar-refractivity contribution is 5.80. The average Bonchev–Trinajstić information content (AvgIpc) is 2.51.